The number of carbonyl (C=O) groups excluding carboxylic acids is 1. The Morgan fingerprint density at radius 3 is 2.82 bits per heavy atom. The van der Waals surface area contributed by atoms with Crippen LogP contribution in [0.15, 0.2) is 42.5 Å². The van der Waals surface area contributed by atoms with Gasteiger partial charge in [0.15, 0.2) is 0 Å². The highest BCUT2D eigenvalue weighted by Gasteiger charge is 2.14. The summed E-state index contributed by atoms with van der Waals surface area (Å²) >= 11 is 0. The average Bonchev–Trinajstić information content (AvgIpc) is 2.39. The fourth-order valence-corrected chi connectivity index (χ4v) is 1.75. The minimum absolute atomic E-state index is 0.118. The number of hydrogen-bond donors (Lipinski definition) is 0. The van der Waals surface area contributed by atoms with Crippen molar-refractivity contribution >= 4 is 6.16 Å². The van der Waals surface area contributed by atoms with Crippen LogP contribution in [-0.2, 0) is 16.1 Å². The highest BCUT2D eigenvalue weighted by molar-refractivity contribution is 5.60. The van der Waals surface area contributed by atoms with E-state index in [0.717, 1.165) is 24.8 Å². The van der Waals surface area contributed by atoms with E-state index >= 15 is 0 Å². The first-order chi connectivity index (χ1) is 8.34. The Morgan fingerprint density at radius 2 is 2.12 bits per heavy atom. The van der Waals surface area contributed by atoms with Crippen LogP contribution >= 0.6 is 0 Å². The Morgan fingerprint density at radius 1 is 1.29 bits per heavy atom. The molecule has 1 aromatic carbocycles. The summed E-state index contributed by atoms with van der Waals surface area (Å²) in [6.45, 7) is 0.260. The van der Waals surface area contributed by atoms with Gasteiger partial charge < -0.3 is 9.47 Å². The Balaban J connectivity index is 1.74. The van der Waals surface area contributed by atoms with Gasteiger partial charge in [0.1, 0.15) is 12.7 Å². The fraction of sp³-hybridized carbons (Fsp3) is 0.357. The quantitative estimate of drug-likeness (QED) is 0.591. The van der Waals surface area contributed by atoms with Crippen molar-refractivity contribution in [2.45, 2.75) is 32.0 Å². The highest BCUT2D eigenvalue weighted by atomic mass is 16.7. The van der Waals surface area contributed by atoms with Gasteiger partial charge in [0.2, 0.25) is 0 Å². The van der Waals surface area contributed by atoms with Gasteiger partial charge in [0.25, 0.3) is 0 Å². The largest absolute Gasteiger partial charge is 0.509 e. The maximum atomic E-state index is 11.4. The summed E-state index contributed by atoms with van der Waals surface area (Å²) in [5.74, 6) is 0. The Kier molecular flexibility index (Phi) is 4.19. The maximum absolute atomic E-state index is 11.4. The van der Waals surface area contributed by atoms with Crippen LogP contribution in [0.1, 0.15) is 24.8 Å². The van der Waals surface area contributed by atoms with Crippen molar-refractivity contribution in [1.29, 1.82) is 0 Å². The summed E-state index contributed by atoms with van der Waals surface area (Å²) in [6, 6.07) is 9.57. The summed E-state index contributed by atoms with van der Waals surface area (Å²) in [6.07, 6.45) is 6.27. The standard InChI is InChI=1S/C14H16O3/c15-14(17-13-9-5-2-6-10-13)16-11-12-7-3-1-4-8-12/h1,3-5,7-9,13H,2,6,10-11H2. The third-order valence-electron chi connectivity index (χ3n) is 2.66. The molecular formula is C14H16O3. The molecule has 0 saturated heterocycles. The Bertz CT molecular complexity index is 384. The van der Waals surface area contributed by atoms with Gasteiger partial charge in [0, 0.05) is 0 Å². The molecule has 0 spiro atoms. The third-order valence-corrected chi connectivity index (χ3v) is 2.66. The summed E-state index contributed by atoms with van der Waals surface area (Å²) in [7, 11) is 0. The summed E-state index contributed by atoms with van der Waals surface area (Å²) in [5, 5.41) is 0. The van der Waals surface area contributed by atoms with Crippen molar-refractivity contribution in [2.24, 2.45) is 0 Å². The number of rotatable bonds is 3. The molecule has 3 nitrogen and oxygen atoms in total. The molecular weight excluding hydrogens is 216 g/mol. The van der Waals surface area contributed by atoms with E-state index in [-0.39, 0.29) is 12.7 Å². The van der Waals surface area contributed by atoms with E-state index in [2.05, 4.69) is 0 Å². The SMILES string of the molecule is O=C(OCc1ccccc1)OC1C=CCCC1. The second-order valence-electron chi connectivity index (χ2n) is 4.04. The van der Waals surface area contributed by atoms with Crippen molar-refractivity contribution in [3.8, 4) is 0 Å². The second kappa shape index (κ2) is 6.09. The minimum atomic E-state index is -0.592. The summed E-state index contributed by atoms with van der Waals surface area (Å²) < 4.78 is 10.2. The first-order valence-electron chi connectivity index (χ1n) is 5.88. The smallest absolute Gasteiger partial charge is 0.429 e. The molecule has 17 heavy (non-hydrogen) atoms. The molecule has 1 atom stereocenters. The van der Waals surface area contributed by atoms with Crippen LogP contribution in [0.4, 0.5) is 4.79 Å². The molecule has 1 unspecified atom stereocenters. The van der Waals surface area contributed by atoms with Gasteiger partial charge in [-0.05, 0) is 30.9 Å². The zero-order valence-corrected chi connectivity index (χ0v) is 9.67. The topological polar surface area (TPSA) is 35.5 Å². The van der Waals surface area contributed by atoms with Gasteiger partial charge in [-0.1, -0.05) is 36.4 Å². The highest BCUT2D eigenvalue weighted by Crippen LogP contribution is 2.14. The van der Waals surface area contributed by atoms with Crippen molar-refractivity contribution in [3.63, 3.8) is 0 Å². The van der Waals surface area contributed by atoms with Crippen molar-refractivity contribution in [2.75, 3.05) is 0 Å². The van der Waals surface area contributed by atoms with Crippen molar-refractivity contribution in [1.82, 2.24) is 0 Å². The number of ether oxygens (including phenoxy) is 2. The van der Waals surface area contributed by atoms with Crippen LogP contribution in [0.5, 0.6) is 0 Å². The molecule has 0 amide bonds. The summed E-state index contributed by atoms with van der Waals surface area (Å²) in [4.78, 5) is 11.4. The van der Waals surface area contributed by atoms with E-state index < -0.39 is 6.16 Å². The molecule has 90 valence electrons. The Hall–Kier alpha value is -1.77. The van der Waals surface area contributed by atoms with E-state index in [0.29, 0.717) is 0 Å². The lowest BCUT2D eigenvalue weighted by atomic mass is 10.1. The van der Waals surface area contributed by atoms with E-state index in [1.165, 1.54) is 0 Å². The lowest BCUT2D eigenvalue weighted by molar-refractivity contribution is 0.0287. The molecule has 0 N–H and O–H groups in total. The van der Waals surface area contributed by atoms with Gasteiger partial charge in [-0.25, -0.2) is 4.79 Å². The van der Waals surface area contributed by atoms with E-state index in [9.17, 15) is 4.79 Å². The normalized spacial score (nSPS) is 18.7. The van der Waals surface area contributed by atoms with Gasteiger partial charge in [0.05, 0.1) is 0 Å². The van der Waals surface area contributed by atoms with Gasteiger partial charge >= 0.3 is 6.16 Å². The van der Waals surface area contributed by atoms with E-state index in [1.54, 1.807) is 0 Å². The first-order valence-corrected chi connectivity index (χ1v) is 5.88. The first kappa shape index (κ1) is 11.7. The molecule has 3 heteroatoms. The third kappa shape index (κ3) is 3.94. The van der Waals surface area contributed by atoms with Crippen LogP contribution in [0.3, 0.4) is 0 Å². The lowest BCUT2D eigenvalue weighted by Crippen LogP contribution is -2.18. The average molecular weight is 232 g/mol. The van der Waals surface area contributed by atoms with Gasteiger partial charge in [-0.15, -0.1) is 0 Å². The molecule has 0 radical (unpaired) electrons. The Labute approximate surface area is 101 Å². The number of benzene rings is 1. The van der Waals surface area contributed by atoms with E-state index in [4.69, 9.17) is 9.47 Å². The zero-order valence-electron chi connectivity index (χ0n) is 9.67. The minimum Gasteiger partial charge on any atom is -0.429 e. The summed E-state index contributed by atoms with van der Waals surface area (Å²) in [5.41, 5.74) is 0.962. The molecule has 0 saturated carbocycles. The van der Waals surface area contributed by atoms with Crippen molar-refractivity contribution in [3.05, 3.63) is 48.0 Å². The second-order valence-corrected chi connectivity index (χ2v) is 4.04. The molecule has 1 aromatic rings. The lowest BCUT2D eigenvalue weighted by Gasteiger charge is -2.16. The predicted molar refractivity (Wildman–Crippen MR) is 64.5 cm³/mol. The van der Waals surface area contributed by atoms with Gasteiger partial charge in [-0.2, -0.15) is 0 Å². The number of hydrogen-bond acceptors (Lipinski definition) is 3. The number of carbonyl (C=O) groups is 1. The van der Waals surface area contributed by atoms with Crippen molar-refractivity contribution < 1.29 is 14.3 Å². The maximum Gasteiger partial charge on any atom is 0.509 e. The zero-order chi connectivity index (χ0) is 11.9. The monoisotopic (exact) mass is 232 g/mol. The van der Waals surface area contributed by atoms with Crippen LogP contribution in [0.25, 0.3) is 0 Å². The van der Waals surface area contributed by atoms with Crippen LogP contribution in [-0.4, -0.2) is 12.3 Å². The molecule has 0 aliphatic heterocycles. The number of allylic oxidation sites excluding steroid dienone is 1. The van der Waals surface area contributed by atoms with E-state index in [1.807, 2.05) is 42.5 Å². The molecule has 0 fully saturated rings. The van der Waals surface area contributed by atoms with Crippen LogP contribution in [0.2, 0.25) is 0 Å². The fourth-order valence-electron chi connectivity index (χ4n) is 1.75. The molecule has 0 heterocycles. The van der Waals surface area contributed by atoms with Gasteiger partial charge in [-0.3, -0.25) is 0 Å². The molecule has 1 aliphatic rings. The molecule has 2 rings (SSSR count). The molecule has 1 aliphatic carbocycles. The predicted octanol–water partition coefficient (Wildman–Crippen LogP) is 3.45. The van der Waals surface area contributed by atoms with Crippen LogP contribution < -0.4 is 0 Å². The van der Waals surface area contributed by atoms with Crippen LogP contribution in [0, 0.1) is 0 Å². The molecule has 0 bridgehead atoms. The molecule has 0 aromatic heterocycles.